The van der Waals surface area contributed by atoms with Gasteiger partial charge in [0, 0.05) is 10.5 Å². The summed E-state index contributed by atoms with van der Waals surface area (Å²) in [6.45, 7) is 1.22. The Labute approximate surface area is 87.1 Å². The van der Waals surface area contributed by atoms with E-state index in [1.54, 1.807) is 0 Å². The minimum absolute atomic E-state index is 0.0556. The largest absolute Gasteiger partial charge is 0.296 e. The average Bonchev–Trinajstić information content (AvgIpc) is 2.01. The first-order chi connectivity index (χ1) is 6.34. The highest BCUT2D eigenvalue weighted by molar-refractivity contribution is 7.87. The van der Waals surface area contributed by atoms with E-state index in [0.29, 0.717) is 0 Å². The number of hydrogen-bond donors (Lipinski definition) is 2. The summed E-state index contributed by atoms with van der Waals surface area (Å²) in [6.07, 6.45) is 0. The summed E-state index contributed by atoms with van der Waals surface area (Å²) < 4.78 is 30.7. The van der Waals surface area contributed by atoms with Gasteiger partial charge in [0.15, 0.2) is 5.78 Å². The molecule has 4 nitrogen and oxygen atoms in total. The summed E-state index contributed by atoms with van der Waals surface area (Å²) >= 11 is 3.86. The number of hydrogen-bond acceptors (Lipinski definition) is 4. The number of carbonyl (C=O) groups excluding carboxylic acids is 1. The maximum Gasteiger partial charge on any atom is 0.296 e. The molecule has 0 aromatic heterocycles. The summed E-state index contributed by atoms with van der Waals surface area (Å²) in [4.78, 5) is 10.7. The van der Waals surface area contributed by atoms with Crippen LogP contribution in [0, 0.1) is 0 Å². The molecule has 0 aliphatic heterocycles. The van der Waals surface area contributed by atoms with E-state index in [0.717, 1.165) is 0 Å². The van der Waals surface area contributed by atoms with Gasteiger partial charge >= 0.3 is 0 Å². The van der Waals surface area contributed by atoms with Crippen molar-refractivity contribution in [2.24, 2.45) is 0 Å². The zero-order valence-electron chi connectivity index (χ0n) is 7.26. The predicted molar refractivity (Wildman–Crippen MR) is 53.5 cm³/mol. The second-order valence-corrected chi connectivity index (χ2v) is 4.53. The molecule has 0 bridgehead atoms. The Morgan fingerprint density at radius 2 is 2.00 bits per heavy atom. The second kappa shape index (κ2) is 3.72. The number of carbonyl (C=O) groups is 1. The molecule has 0 atom stereocenters. The highest BCUT2D eigenvalue weighted by atomic mass is 32.2. The zero-order chi connectivity index (χ0) is 10.9. The van der Waals surface area contributed by atoms with Gasteiger partial charge in [-0.05, 0) is 19.1 Å². The van der Waals surface area contributed by atoms with Crippen molar-refractivity contribution in [1.29, 1.82) is 0 Å². The Balaban J connectivity index is 3.62. The highest BCUT2D eigenvalue weighted by Crippen LogP contribution is 2.23. The van der Waals surface area contributed by atoms with Crippen LogP contribution in [0.15, 0.2) is 28.0 Å². The van der Waals surface area contributed by atoms with Crippen molar-refractivity contribution in [1.82, 2.24) is 0 Å². The van der Waals surface area contributed by atoms with Gasteiger partial charge in [0.2, 0.25) is 0 Å². The molecule has 1 aromatic carbocycles. The smallest absolute Gasteiger partial charge is 0.294 e. The average molecular weight is 232 g/mol. The van der Waals surface area contributed by atoms with Crippen molar-refractivity contribution in [3.05, 3.63) is 23.8 Å². The van der Waals surface area contributed by atoms with Gasteiger partial charge in [-0.2, -0.15) is 8.42 Å². The first-order valence-corrected chi connectivity index (χ1v) is 5.53. The minimum Gasteiger partial charge on any atom is -0.294 e. The van der Waals surface area contributed by atoms with Gasteiger partial charge in [-0.15, -0.1) is 12.6 Å². The topological polar surface area (TPSA) is 71.4 Å². The van der Waals surface area contributed by atoms with Gasteiger partial charge < -0.3 is 0 Å². The van der Waals surface area contributed by atoms with Gasteiger partial charge in [-0.25, -0.2) is 0 Å². The van der Waals surface area contributed by atoms with Crippen molar-refractivity contribution in [3.63, 3.8) is 0 Å². The molecule has 1 N–H and O–H groups in total. The maximum atomic E-state index is 11.1. The summed E-state index contributed by atoms with van der Waals surface area (Å²) in [6, 6.07) is 4.21. The fourth-order valence-corrected chi connectivity index (χ4v) is 2.45. The normalized spacial score (nSPS) is 11.4. The molecule has 0 spiro atoms. The van der Waals surface area contributed by atoms with Crippen molar-refractivity contribution in [2.75, 3.05) is 0 Å². The molecule has 0 aliphatic rings. The van der Waals surface area contributed by atoms with E-state index in [2.05, 4.69) is 12.6 Å². The fourth-order valence-electron chi connectivity index (χ4n) is 1.07. The van der Waals surface area contributed by atoms with Crippen LogP contribution in [-0.4, -0.2) is 18.8 Å². The van der Waals surface area contributed by atoms with E-state index in [1.165, 1.54) is 25.1 Å². The molecule has 6 heteroatoms. The van der Waals surface area contributed by atoms with Gasteiger partial charge in [0.05, 0.1) is 0 Å². The lowest BCUT2D eigenvalue weighted by molar-refractivity contribution is 0.101. The molecule has 0 radical (unpaired) electrons. The SMILES string of the molecule is CC(=O)c1cccc(S)c1S(=O)(=O)O. The Bertz CT molecular complexity index is 476. The Morgan fingerprint density at radius 1 is 1.43 bits per heavy atom. The summed E-state index contributed by atoms with van der Waals surface area (Å²) in [5, 5.41) is 0. The van der Waals surface area contributed by atoms with Crippen LogP contribution >= 0.6 is 12.6 Å². The van der Waals surface area contributed by atoms with Gasteiger partial charge in [0.25, 0.3) is 10.1 Å². The molecular formula is C8H8O4S2. The van der Waals surface area contributed by atoms with Gasteiger partial charge in [-0.1, -0.05) is 6.07 Å². The molecule has 0 saturated carbocycles. The molecule has 0 aliphatic carbocycles. The summed E-state index contributed by atoms with van der Waals surface area (Å²) in [5.41, 5.74) is -0.0556. The van der Waals surface area contributed by atoms with Crippen LogP contribution in [0.5, 0.6) is 0 Å². The van der Waals surface area contributed by atoms with Crippen molar-refractivity contribution < 1.29 is 17.8 Å². The molecule has 1 rings (SSSR count). The standard InChI is InChI=1S/C8H8O4S2/c1-5(9)6-3-2-4-7(13)8(6)14(10,11)12/h2-4,13H,1H3,(H,10,11,12). The molecule has 76 valence electrons. The molecule has 0 unspecified atom stereocenters. The number of thiol groups is 1. The van der Waals surface area contributed by atoms with Gasteiger partial charge in [0.1, 0.15) is 4.90 Å². The molecular weight excluding hydrogens is 224 g/mol. The van der Waals surface area contributed by atoms with Crippen LogP contribution in [0.25, 0.3) is 0 Å². The summed E-state index contributed by atoms with van der Waals surface area (Å²) in [7, 11) is -4.41. The Hall–Kier alpha value is -0.850. The number of Topliss-reactive ketones (excluding diaryl/α,β-unsaturated/α-hetero) is 1. The van der Waals surface area contributed by atoms with E-state index >= 15 is 0 Å². The van der Waals surface area contributed by atoms with Crippen LogP contribution < -0.4 is 0 Å². The van der Waals surface area contributed by atoms with E-state index < -0.39 is 20.8 Å². The lowest BCUT2D eigenvalue weighted by atomic mass is 10.1. The molecule has 0 saturated heterocycles. The van der Waals surface area contributed by atoms with Crippen molar-refractivity contribution in [2.45, 2.75) is 16.7 Å². The van der Waals surface area contributed by atoms with Crippen molar-refractivity contribution >= 4 is 28.5 Å². The van der Waals surface area contributed by atoms with E-state index in [-0.39, 0.29) is 10.5 Å². The zero-order valence-corrected chi connectivity index (χ0v) is 8.97. The lowest BCUT2D eigenvalue weighted by Gasteiger charge is -2.05. The van der Waals surface area contributed by atoms with Crippen molar-refractivity contribution in [3.8, 4) is 0 Å². The molecule has 0 amide bonds. The molecule has 0 heterocycles. The number of rotatable bonds is 2. The quantitative estimate of drug-likeness (QED) is 0.459. The summed E-state index contributed by atoms with van der Waals surface area (Å²) in [5.74, 6) is -0.437. The minimum atomic E-state index is -4.41. The van der Waals surface area contributed by atoms with Crippen LogP contribution in [0.4, 0.5) is 0 Å². The third-order valence-corrected chi connectivity index (χ3v) is 3.11. The van der Waals surface area contributed by atoms with Crippen LogP contribution in [-0.2, 0) is 10.1 Å². The lowest BCUT2D eigenvalue weighted by Crippen LogP contribution is -2.07. The predicted octanol–water partition coefficient (Wildman–Crippen LogP) is 1.42. The maximum absolute atomic E-state index is 11.1. The van der Waals surface area contributed by atoms with E-state index in [4.69, 9.17) is 4.55 Å². The molecule has 0 fully saturated rings. The first-order valence-electron chi connectivity index (χ1n) is 3.64. The third-order valence-electron chi connectivity index (χ3n) is 1.63. The second-order valence-electron chi connectivity index (χ2n) is 2.69. The first kappa shape index (κ1) is 11.2. The molecule has 14 heavy (non-hydrogen) atoms. The number of ketones is 1. The fraction of sp³-hybridized carbons (Fsp3) is 0.125. The van der Waals surface area contributed by atoms with E-state index in [9.17, 15) is 13.2 Å². The van der Waals surface area contributed by atoms with Crippen LogP contribution in [0.2, 0.25) is 0 Å². The Kier molecular flexibility index (Phi) is 2.98. The van der Waals surface area contributed by atoms with Crippen LogP contribution in [0.3, 0.4) is 0 Å². The number of benzene rings is 1. The highest BCUT2D eigenvalue weighted by Gasteiger charge is 2.20. The molecule has 1 aromatic rings. The Morgan fingerprint density at radius 3 is 2.36 bits per heavy atom. The third kappa shape index (κ3) is 2.14. The monoisotopic (exact) mass is 232 g/mol. The van der Waals surface area contributed by atoms with Crippen LogP contribution in [0.1, 0.15) is 17.3 Å². The van der Waals surface area contributed by atoms with Gasteiger partial charge in [-0.3, -0.25) is 9.35 Å². The van der Waals surface area contributed by atoms with E-state index in [1.807, 2.05) is 0 Å².